The quantitative estimate of drug-likeness (QED) is 0.871. The molecule has 82 valence electrons. The minimum Gasteiger partial charge on any atom is -0.398 e. The Kier molecular flexibility index (Phi) is 3.06. The van der Waals surface area contributed by atoms with Crippen molar-refractivity contribution in [3.8, 4) is 0 Å². The van der Waals surface area contributed by atoms with Crippen molar-refractivity contribution in [3.63, 3.8) is 0 Å². The Labute approximate surface area is 97.9 Å². The third-order valence-corrected chi connectivity index (χ3v) is 2.57. The van der Waals surface area contributed by atoms with E-state index in [1.54, 1.807) is 24.5 Å². The molecule has 16 heavy (non-hydrogen) atoms. The van der Waals surface area contributed by atoms with Gasteiger partial charge in [-0.15, -0.1) is 0 Å². The zero-order valence-corrected chi connectivity index (χ0v) is 9.21. The number of aromatic nitrogens is 1. The van der Waals surface area contributed by atoms with E-state index in [9.17, 15) is 4.39 Å². The molecule has 0 spiro atoms. The number of hydrogen-bond acceptors (Lipinski definition) is 2. The number of benzene rings is 1. The molecule has 2 nitrogen and oxygen atoms in total. The van der Waals surface area contributed by atoms with Crippen LogP contribution in [0.1, 0.15) is 11.1 Å². The third kappa shape index (κ3) is 2.31. The predicted molar refractivity (Wildman–Crippen MR) is 62.9 cm³/mol. The van der Waals surface area contributed by atoms with Gasteiger partial charge in [0.15, 0.2) is 0 Å². The van der Waals surface area contributed by atoms with Crippen LogP contribution >= 0.6 is 11.6 Å². The molecule has 1 aromatic heterocycles. The summed E-state index contributed by atoms with van der Waals surface area (Å²) in [5.41, 5.74) is 7.68. The van der Waals surface area contributed by atoms with Crippen molar-refractivity contribution in [2.75, 3.05) is 5.73 Å². The van der Waals surface area contributed by atoms with Crippen molar-refractivity contribution < 1.29 is 4.39 Å². The lowest BCUT2D eigenvalue weighted by Crippen LogP contribution is -1.98. The van der Waals surface area contributed by atoms with Gasteiger partial charge in [-0.05, 0) is 35.4 Å². The van der Waals surface area contributed by atoms with Gasteiger partial charge >= 0.3 is 0 Å². The number of pyridine rings is 1. The average Bonchev–Trinajstić information content (AvgIpc) is 2.27. The minimum atomic E-state index is -0.285. The lowest BCUT2D eigenvalue weighted by molar-refractivity contribution is 0.614. The highest BCUT2D eigenvalue weighted by atomic mass is 35.5. The summed E-state index contributed by atoms with van der Waals surface area (Å²) in [5.74, 6) is -0.285. The predicted octanol–water partition coefficient (Wildman–Crippen LogP) is 3.05. The summed E-state index contributed by atoms with van der Waals surface area (Å²) in [6.45, 7) is 0. The summed E-state index contributed by atoms with van der Waals surface area (Å²) in [6, 6.07) is 6.17. The van der Waals surface area contributed by atoms with Crippen LogP contribution in [0.3, 0.4) is 0 Å². The van der Waals surface area contributed by atoms with Gasteiger partial charge in [-0.3, -0.25) is 4.98 Å². The van der Waals surface area contributed by atoms with Crippen LogP contribution < -0.4 is 5.73 Å². The molecule has 0 amide bonds. The van der Waals surface area contributed by atoms with E-state index < -0.39 is 0 Å². The maximum absolute atomic E-state index is 13.5. The molecular weight excluding hydrogens is 227 g/mol. The maximum atomic E-state index is 13.5. The van der Waals surface area contributed by atoms with E-state index in [4.69, 9.17) is 17.3 Å². The van der Waals surface area contributed by atoms with Crippen LogP contribution in [0.2, 0.25) is 5.02 Å². The SMILES string of the molecule is Nc1ccncc1Cc1cc(Cl)ccc1F. The van der Waals surface area contributed by atoms with Crippen molar-refractivity contribution in [2.45, 2.75) is 6.42 Å². The standard InChI is InChI=1S/C12H10ClFN2/c13-10-1-2-11(14)8(6-10)5-9-7-16-4-3-12(9)15/h1-4,6-7H,5H2,(H2,15,16). The van der Waals surface area contributed by atoms with E-state index in [0.717, 1.165) is 5.56 Å². The molecule has 0 saturated carbocycles. The number of halogens is 2. The molecule has 0 aliphatic carbocycles. The van der Waals surface area contributed by atoms with Gasteiger partial charge in [-0.25, -0.2) is 4.39 Å². The van der Waals surface area contributed by atoms with Crippen molar-refractivity contribution in [3.05, 3.63) is 58.6 Å². The first-order chi connectivity index (χ1) is 7.66. The number of nitrogens with zero attached hydrogens (tertiary/aromatic N) is 1. The zero-order valence-electron chi connectivity index (χ0n) is 8.45. The van der Waals surface area contributed by atoms with Crippen LogP contribution in [-0.4, -0.2) is 4.98 Å². The van der Waals surface area contributed by atoms with E-state index in [1.165, 1.54) is 12.1 Å². The van der Waals surface area contributed by atoms with Gasteiger partial charge in [0.25, 0.3) is 0 Å². The lowest BCUT2D eigenvalue weighted by atomic mass is 10.1. The number of nitrogen functional groups attached to an aromatic ring is 1. The van der Waals surface area contributed by atoms with Crippen molar-refractivity contribution >= 4 is 17.3 Å². The number of rotatable bonds is 2. The summed E-state index contributed by atoms with van der Waals surface area (Å²) >= 11 is 5.81. The molecule has 0 saturated heterocycles. The van der Waals surface area contributed by atoms with Gasteiger partial charge in [-0.1, -0.05) is 11.6 Å². The Morgan fingerprint density at radius 1 is 1.25 bits per heavy atom. The van der Waals surface area contributed by atoms with Gasteiger partial charge in [0.2, 0.25) is 0 Å². The Morgan fingerprint density at radius 2 is 2.06 bits per heavy atom. The molecule has 0 atom stereocenters. The molecule has 0 aliphatic heterocycles. The van der Waals surface area contributed by atoms with E-state index in [0.29, 0.717) is 22.7 Å². The summed E-state index contributed by atoms with van der Waals surface area (Å²) in [6.07, 6.45) is 3.63. The second-order valence-corrected chi connectivity index (χ2v) is 3.92. The fraction of sp³-hybridized carbons (Fsp3) is 0.0833. The van der Waals surface area contributed by atoms with E-state index >= 15 is 0 Å². The molecule has 0 radical (unpaired) electrons. The van der Waals surface area contributed by atoms with Crippen molar-refractivity contribution in [2.24, 2.45) is 0 Å². The van der Waals surface area contributed by atoms with E-state index in [1.807, 2.05) is 0 Å². The first-order valence-electron chi connectivity index (χ1n) is 4.79. The van der Waals surface area contributed by atoms with Crippen LogP contribution in [0.25, 0.3) is 0 Å². The smallest absolute Gasteiger partial charge is 0.126 e. The van der Waals surface area contributed by atoms with Crippen LogP contribution in [-0.2, 0) is 6.42 Å². The normalized spacial score (nSPS) is 10.4. The highest BCUT2D eigenvalue weighted by Crippen LogP contribution is 2.20. The molecular formula is C12H10ClFN2. The first kappa shape index (κ1) is 10.9. The van der Waals surface area contributed by atoms with E-state index in [2.05, 4.69) is 4.98 Å². The van der Waals surface area contributed by atoms with Gasteiger partial charge in [-0.2, -0.15) is 0 Å². The van der Waals surface area contributed by atoms with Gasteiger partial charge in [0, 0.05) is 29.5 Å². The van der Waals surface area contributed by atoms with Gasteiger partial charge < -0.3 is 5.73 Å². The average molecular weight is 237 g/mol. The summed E-state index contributed by atoms with van der Waals surface area (Å²) < 4.78 is 13.5. The van der Waals surface area contributed by atoms with Crippen LogP contribution in [0.15, 0.2) is 36.7 Å². The molecule has 2 rings (SSSR count). The van der Waals surface area contributed by atoms with Crippen LogP contribution in [0, 0.1) is 5.82 Å². The zero-order chi connectivity index (χ0) is 11.5. The second-order valence-electron chi connectivity index (χ2n) is 3.49. The van der Waals surface area contributed by atoms with Gasteiger partial charge in [0.05, 0.1) is 0 Å². The highest BCUT2D eigenvalue weighted by molar-refractivity contribution is 6.30. The number of nitrogens with two attached hydrogens (primary N) is 1. The molecule has 2 aromatic rings. The molecule has 1 heterocycles. The van der Waals surface area contributed by atoms with Gasteiger partial charge in [0.1, 0.15) is 5.82 Å². The first-order valence-corrected chi connectivity index (χ1v) is 5.17. The maximum Gasteiger partial charge on any atom is 0.126 e. The minimum absolute atomic E-state index is 0.285. The summed E-state index contributed by atoms with van der Waals surface area (Å²) in [4.78, 5) is 3.96. The molecule has 2 N–H and O–H groups in total. The van der Waals surface area contributed by atoms with Crippen molar-refractivity contribution in [1.82, 2.24) is 4.98 Å². The fourth-order valence-electron chi connectivity index (χ4n) is 1.47. The highest BCUT2D eigenvalue weighted by Gasteiger charge is 2.06. The third-order valence-electron chi connectivity index (χ3n) is 2.33. The lowest BCUT2D eigenvalue weighted by Gasteiger charge is -2.06. The molecule has 1 aromatic carbocycles. The van der Waals surface area contributed by atoms with Crippen LogP contribution in [0.4, 0.5) is 10.1 Å². The van der Waals surface area contributed by atoms with E-state index in [-0.39, 0.29) is 5.82 Å². The molecule has 0 aliphatic rings. The Bertz CT molecular complexity index is 514. The summed E-state index contributed by atoms with van der Waals surface area (Å²) in [7, 11) is 0. The Balaban J connectivity index is 2.34. The molecule has 4 heteroatoms. The Morgan fingerprint density at radius 3 is 2.81 bits per heavy atom. The fourth-order valence-corrected chi connectivity index (χ4v) is 1.66. The number of anilines is 1. The monoisotopic (exact) mass is 236 g/mol. The largest absolute Gasteiger partial charge is 0.398 e. The van der Waals surface area contributed by atoms with Crippen LogP contribution in [0.5, 0.6) is 0 Å². The summed E-state index contributed by atoms with van der Waals surface area (Å²) in [5, 5.41) is 0.513. The van der Waals surface area contributed by atoms with Crippen molar-refractivity contribution in [1.29, 1.82) is 0 Å². The number of hydrogen-bond donors (Lipinski definition) is 1. The molecule has 0 unspecified atom stereocenters. The molecule has 0 fully saturated rings. The second kappa shape index (κ2) is 4.49. The topological polar surface area (TPSA) is 38.9 Å². The Hall–Kier alpha value is -1.61. The molecule has 0 bridgehead atoms.